The van der Waals surface area contributed by atoms with Crippen molar-refractivity contribution in [3.05, 3.63) is 50.9 Å². The van der Waals surface area contributed by atoms with Gasteiger partial charge in [-0.1, -0.05) is 42.8 Å². The van der Waals surface area contributed by atoms with E-state index in [1.54, 1.807) is 12.1 Å². The summed E-state index contributed by atoms with van der Waals surface area (Å²) in [6.45, 7) is 6.11. The fraction of sp³-hybridized carbons (Fsp3) is 0.250. The zero-order valence-electron chi connectivity index (χ0n) is 15.6. The van der Waals surface area contributed by atoms with Gasteiger partial charge in [0.25, 0.3) is 0 Å². The number of benzene rings is 2. The van der Waals surface area contributed by atoms with Crippen LogP contribution in [-0.2, 0) is 10.2 Å². The van der Waals surface area contributed by atoms with Crippen LogP contribution >= 0.6 is 31.9 Å². The summed E-state index contributed by atoms with van der Waals surface area (Å²) in [6, 6.07) is 11.2. The van der Waals surface area contributed by atoms with Gasteiger partial charge in [-0.05, 0) is 57.2 Å². The van der Waals surface area contributed by atoms with Crippen molar-refractivity contribution < 1.29 is 14.6 Å². The second-order valence-electron chi connectivity index (χ2n) is 7.29. The molecule has 0 aliphatic rings. The minimum absolute atomic E-state index is 0.0153. The molecule has 1 amide bonds. The number of aromatic hydroxyl groups is 1. The van der Waals surface area contributed by atoms with Crippen molar-refractivity contribution in [3.63, 3.8) is 0 Å². The first-order valence-corrected chi connectivity index (χ1v) is 10.1. The molecule has 0 unspecified atom stereocenters. The van der Waals surface area contributed by atoms with Crippen molar-refractivity contribution in [2.45, 2.75) is 26.2 Å². The zero-order valence-corrected chi connectivity index (χ0v) is 18.8. The largest absolute Gasteiger partial charge is 0.493 e. The molecule has 3 aromatic rings. The summed E-state index contributed by atoms with van der Waals surface area (Å²) in [4.78, 5) is 14.9. The number of carbonyl (C=O) groups is 1. The second-order valence-corrected chi connectivity index (χ2v) is 9.06. The first kappa shape index (κ1) is 20.5. The van der Waals surface area contributed by atoms with Gasteiger partial charge in [-0.2, -0.15) is 0 Å². The zero-order chi connectivity index (χ0) is 20.5. The van der Waals surface area contributed by atoms with Gasteiger partial charge in [0.2, 0.25) is 5.88 Å². The third kappa shape index (κ3) is 4.62. The van der Waals surface area contributed by atoms with E-state index < -0.39 is 5.91 Å². The van der Waals surface area contributed by atoms with Gasteiger partial charge in [-0.15, -0.1) is 10.2 Å². The molecule has 28 heavy (non-hydrogen) atoms. The first-order chi connectivity index (χ1) is 13.1. The van der Waals surface area contributed by atoms with Gasteiger partial charge >= 0.3 is 5.91 Å². The highest BCUT2D eigenvalue weighted by Crippen LogP contribution is 2.37. The Bertz CT molecular complexity index is 1070. The van der Waals surface area contributed by atoms with E-state index in [2.05, 4.69) is 67.8 Å². The number of ether oxygens (including phenoxy) is 1. The first-order valence-electron chi connectivity index (χ1n) is 8.53. The van der Waals surface area contributed by atoms with Gasteiger partial charge in [0.05, 0.1) is 9.99 Å². The number of amides is 1. The van der Waals surface area contributed by atoms with Gasteiger partial charge in [0, 0.05) is 9.86 Å². The molecule has 0 bridgehead atoms. The smallest absolute Gasteiger partial charge is 0.302 e. The minimum atomic E-state index is -0.560. The number of hydrogen-bond donors (Lipinski definition) is 2. The summed E-state index contributed by atoms with van der Waals surface area (Å²) in [6.07, 6.45) is 0. The summed E-state index contributed by atoms with van der Waals surface area (Å²) < 4.78 is 7.14. The van der Waals surface area contributed by atoms with Crippen LogP contribution in [0.15, 0.2) is 55.6 Å². The highest BCUT2D eigenvalue weighted by molar-refractivity contribution is 9.10. The molecule has 0 atom stereocenters. The van der Waals surface area contributed by atoms with Crippen LogP contribution in [0.5, 0.6) is 11.6 Å². The van der Waals surface area contributed by atoms with Crippen molar-refractivity contribution in [2.75, 3.05) is 6.61 Å². The predicted molar refractivity (Wildman–Crippen MR) is 116 cm³/mol. The Morgan fingerprint density at radius 3 is 2.61 bits per heavy atom. The Balaban J connectivity index is 1.70. The lowest BCUT2D eigenvalue weighted by atomic mass is 9.87. The monoisotopic (exact) mass is 507 g/mol. The number of nitrogens with one attached hydrogen (secondary N) is 1. The van der Waals surface area contributed by atoms with Crippen LogP contribution in [0.4, 0.5) is 5.69 Å². The van der Waals surface area contributed by atoms with E-state index in [-0.39, 0.29) is 23.6 Å². The number of rotatable bonds is 4. The minimum Gasteiger partial charge on any atom is -0.493 e. The van der Waals surface area contributed by atoms with Crippen LogP contribution in [0.25, 0.3) is 10.9 Å². The summed E-state index contributed by atoms with van der Waals surface area (Å²) in [5, 5.41) is 18.2. The lowest BCUT2D eigenvalue weighted by Crippen LogP contribution is -2.12. The summed E-state index contributed by atoms with van der Waals surface area (Å²) in [5.74, 6) is -0.156. The summed E-state index contributed by atoms with van der Waals surface area (Å²) >= 11 is 6.84. The molecule has 0 aliphatic carbocycles. The van der Waals surface area contributed by atoms with E-state index in [4.69, 9.17) is 4.74 Å². The van der Waals surface area contributed by atoms with Crippen molar-refractivity contribution in [1.82, 2.24) is 4.98 Å². The lowest BCUT2D eigenvalue weighted by molar-refractivity contribution is -0.120. The molecular weight excluding hydrogens is 490 g/mol. The van der Waals surface area contributed by atoms with Gasteiger partial charge in [0.1, 0.15) is 5.75 Å². The van der Waals surface area contributed by atoms with E-state index in [0.717, 1.165) is 14.5 Å². The number of fused-ring (bicyclic) bond motifs is 1. The Labute approximate surface area is 179 Å². The maximum atomic E-state index is 12.1. The van der Waals surface area contributed by atoms with Crippen LogP contribution in [0, 0.1) is 0 Å². The van der Waals surface area contributed by atoms with Crippen molar-refractivity contribution >= 4 is 54.4 Å². The SMILES string of the molecule is CC(C)(C)c1ccc(OCC(=O)N=Nc2c(O)[nH]c3ccc(Br)cc23)c(Br)c1. The molecule has 1 heterocycles. The topological polar surface area (TPSA) is 87.0 Å². The summed E-state index contributed by atoms with van der Waals surface area (Å²) in [5.41, 5.74) is 2.07. The third-order valence-electron chi connectivity index (χ3n) is 4.12. The average molecular weight is 509 g/mol. The van der Waals surface area contributed by atoms with Crippen LogP contribution in [0.1, 0.15) is 26.3 Å². The number of carbonyl (C=O) groups excluding carboxylic acids is 1. The van der Waals surface area contributed by atoms with Crippen molar-refractivity contribution in [2.24, 2.45) is 10.2 Å². The molecule has 2 aromatic carbocycles. The molecule has 0 saturated carbocycles. The molecule has 2 N–H and O–H groups in total. The highest BCUT2D eigenvalue weighted by Gasteiger charge is 2.16. The summed E-state index contributed by atoms with van der Waals surface area (Å²) in [7, 11) is 0. The number of aromatic amines is 1. The van der Waals surface area contributed by atoms with Crippen LogP contribution in [0.3, 0.4) is 0 Å². The fourth-order valence-corrected chi connectivity index (χ4v) is 3.45. The van der Waals surface area contributed by atoms with Crippen molar-refractivity contribution in [1.29, 1.82) is 0 Å². The number of hydrogen-bond acceptors (Lipinski definition) is 4. The van der Waals surface area contributed by atoms with Gasteiger partial charge in [-0.3, -0.25) is 4.79 Å². The number of H-pyrrole nitrogens is 1. The number of azo groups is 1. The Morgan fingerprint density at radius 1 is 1.18 bits per heavy atom. The Morgan fingerprint density at radius 2 is 1.93 bits per heavy atom. The van der Waals surface area contributed by atoms with Crippen LogP contribution in [0.2, 0.25) is 0 Å². The lowest BCUT2D eigenvalue weighted by Gasteiger charge is -2.20. The van der Waals surface area contributed by atoms with E-state index >= 15 is 0 Å². The molecule has 0 spiro atoms. The number of aromatic nitrogens is 1. The van der Waals surface area contributed by atoms with E-state index in [0.29, 0.717) is 16.7 Å². The molecule has 1 aromatic heterocycles. The molecule has 6 nitrogen and oxygen atoms in total. The van der Waals surface area contributed by atoms with Crippen LogP contribution < -0.4 is 4.74 Å². The molecule has 0 radical (unpaired) electrons. The van der Waals surface area contributed by atoms with Gasteiger partial charge in [0.15, 0.2) is 12.3 Å². The average Bonchev–Trinajstić information content (AvgIpc) is 2.92. The van der Waals surface area contributed by atoms with Crippen LogP contribution in [-0.4, -0.2) is 22.6 Å². The second kappa shape index (κ2) is 8.05. The molecule has 146 valence electrons. The quantitative estimate of drug-likeness (QED) is 0.400. The molecule has 8 heteroatoms. The van der Waals surface area contributed by atoms with E-state index in [1.807, 2.05) is 24.3 Å². The Hall–Kier alpha value is -2.19. The van der Waals surface area contributed by atoms with Crippen molar-refractivity contribution in [3.8, 4) is 11.6 Å². The fourth-order valence-electron chi connectivity index (χ4n) is 2.60. The molecule has 3 rings (SSSR count). The third-order valence-corrected chi connectivity index (χ3v) is 5.24. The number of nitrogens with zero attached hydrogens (tertiary/aromatic N) is 2. The molecule has 0 saturated heterocycles. The molecule has 0 aliphatic heterocycles. The normalized spacial score (nSPS) is 12.0. The van der Waals surface area contributed by atoms with Gasteiger partial charge < -0.3 is 14.8 Å². The number of halogens is 2. The van der Waals surface area contributed by atoms with E-state index in [1.165, 1.54) is 0 Å². The van der Waals surface area contributed by atoms with E-state index in [9.17, 15) is 9.90 Å². The standard InChI is InChI=1S/C20H19Br2N3O3/c1-20(2,3)11-4-7-16(14(22)8-11)28-10-17(26)24-25-18-13-9-12(21)5-6-15(13)23-19(18)27/h4-9,23,27H,10H2,1-3H3. The predicted octanol–water partition coefficient (Wildman–Crippen LogP) is 6.39. The maximum Gasteiger partial charge on any atom is 0.302 e. The molecule has 0 fully saturated rings. The highest BCUT2D eigenvalue weighted by atomic mass is 79.9. The molecular formula is C20H19Br2N3O3. The maximum absolute atomic E-state index is 12.1. The van der Waals surface area contributed by atoms with Gasteiger partial charge in [-0.25, -0.2) is 0 Å². The Kier molecular flexibility index (Phi) is 5.90.